The van der Waals surface area contributed by atoms with E-state index in [1.165, 1.54) is 42.5 Å². The lowest BCUT2D eigenvalue weighted by molar-refractivity contribution is 0.0722. The Morgan fingerprint density at radius 1 is 0.643 bits per heavy atom. The van der Waals surface area contributed by atoms with Crippen LogP contribution in [0.4, 0.5) is 0 Å². The number of pyridine rings is 1. The van der Waals surface area contributed by atoms with Crippen LogP contribution in [0, 0.1) is 0 Å². The molecule has 0 fully saturated rings. The van der Waals surface area contributed by atoms with E-state index >= 15 is 0 Å². The predicted octanol–water partition coefficient (Wildman–Crippen LogP) is 3.15. The summed E-state index contributed by atoms with van der Waals surface area (Å²) in [6.07, 6.45) is 1.13. The average Bonchev–Trinajstić information content (AvgIpc) is 2.74. The van der Waals surface area contributed by atoms with Gasteiger partial charge in [-0.1, -0.05) is 30.3 Å². The van der Waals surface area contributed by atoms with Gasteiger partial charge in [0.2, 0.25) is 0 Å². The summed E-state index contributed by atoms with van der Waals surface area (Å²) in [4.78, 5) is 50.6. The van der Waals surface area contributed by atoms with Gasteiger partial charge in [-0.15, -0.1) is 0 Å². The zero-order valence-electron chi connectivity index (χ0n) is 14.4. The maximum absolute atomic E-state index is 12.3. The van der Waals surface area contributed by atoms with Crippen LogP contribution < -0.4 is 9.47 Å². The SMILES string of the molecule is O=Cc1ccccc1OC(=O)c1cccc(C(=O)Oc2ccccc2C=O)n1. The molecule has 0 aliphatic rings. The average molecular weight is 375 g/mol. The van der Waals surface area contributed by atoms with Gasteiger partial charge in [-0.25, -0.2) is 14.6 Å². The fourth-order valence-corrected chi connectivity index (χ4v) is 2.31. The maximum Gasteiger partial charge on any atom is 0.362 e. The molecule has 0 amide bonds. The largest absolute Gasteiger partial charge is 0.421 e. The Morgan fingerprint density at radius 3 is 1.50 bits per heavy atom. The van der Waals surface area contributed by atoms with Gasteiger partial charge in [-0.05, 0) is 36.4 Å². The number of carbonyl (C=O) groups excluding carboxylic acids is 4. The first-order chi connectivity index (χ1) is 13.6. The number of esters is 2. The molecule has 0 N–H and O–H groups in total. The molecule has 0 radical (unpaired) electrons. The van der Waals surface area contributed by atoms with Crippen molar-refractivity contribution in [2.75, 3.05) is 0 Å². The lowest BCUT2D eigenvalue weighted by atomic mass is 10.2. The van der Waals surface area contributed by atoms with Crippen LogP contribution in [0.2, 0.25) is 0 Å². The molecule has 0 saturated carbocycles. The second kappa shape index (κ2) is 8.50. The molecule has 0 bridgehead atoms. The first kappa shape index (κ1) is 18.7. The summed E-state index contributed by atoms with van der Waals surface area (Å²) in [5.41, 5.74) is 0.131. The van der Waals surface area contributed by atoms with Crippen molar-refractivity contribution in [3.63, 3.8) is 0 Å². The van der Waals surface area contributed by atoms with Crippen LogP contribution in [0.5, 0.6) is 11.5 Å². The second-order valence-electron chi connectivity index (χ2n) is 5.50. The van der Waals surface area contributed by atoms with Crippen LogP contribution in [0.1, 0.15) is 41.7 Å². The molecule has 3 rings (SSSR count). The molecule has 1 heterocycles. The van der Waals surface area contributed by atoms with Gasteiger partial charge in [-0.2, -0.15) is 0 Å². The molecule has 138 valence electrons. The van der Waals surface area contributed by atoms with Gasteiger partial charge in [0.25, 0.3) is 0 Å². The number of aldehydes is 2. The summed E-state index contributed by atoms with van der Waals surface area (Å²) in [6.45, 7) is 0. The Hall–Kier alpha value is -4.13. The van der Waals surface area contributed by atoms with E-state index in [1.54, 1.807) is 24.3 Å². The van der Waals surface area contributed by atoms with Crippen molar-refractivity contribution in [1.82, 2.24) is 4.98 Å². The Labute approximate surface area is 159 Å². The molecule has 0 spiro atoms. The van der Waals surface area contributed by atoms with Gasteiger partial charge < -0.3 is 9.47 Å². The summed E-state index contributed by atoms with van der Waals surface area (Å²) >= 11 is 0. The lowest BCUT2D eigenvalue weighted by Crippen LogP contribution is -2.16. The molecular formula is C21H13NO6. The fraction of sp³-hybridized carbons (Fsp3) is 0. The number of nitrogens with zero attached hydrogens (tertiary/aromatic N) is 1. The van der Waals surface area contributed by atoms with Crippen LogP contribution >= 0.6 is 0 Å². The van der Waals surface area contributed by atoms with E-state index in [1.807, 2.05) is 0 Å². The summed E-state index contributed by atoms with van der Waals surface area (Å²) in [5.74, 6) is -1.51. The van der Waals surface area contributed by atoms with E-state index in [0.29, 0.717) is 12.6 Å². The summed E-state index contributed by atoms with van der Waals surface area (Å²) < 4.78 is 10.4. The van der Waals surface area contributed by atoms with Crippen molar-refractivity contribution in [1.29, 1.82) is 0 Å². The Kier molecular flexibility index (Phi) is 5.66. The molecule has 3 aromatic rings. The van der Waals surface area contributed by atoms with Gasteiger partial charge >= 0.3 is 11.9 Å². The highest BCUT2D eigenvalue weighted by Crippen LogP contribution is 2.19. The van der Waals surface area contributed by atoms with E-state index in [2.05, 4.69) is 4.98 Å². The highest BCUT2D eigenvalue weighted by atomic mass is 16.5. The molecule has 0 saturated heterocycles. The topological polar surface area (TPSA) is 99.6 Å². The van der Waals surface area contributed by atoms with Gasteiger partial charge in [0.1, 0.15) is 22.9 Å². The van der Waals surface area contributed by atoms with Crippen molar-refractivity contribution < 1.29 is 28.7 Å². The zero-order chi connectivity index (χ0) is 19.9. The third-order valence-corrected chi connectivity index (χ3v) is 3.66. The smallest absolute Gasteiger partial charge is 0.362 e. The molecule has 7 nitrogen and oxygen atoms in total. The van der Waals surface area contributed by atoms with Crippen LogP contribution in [0.15, 0.2) is 66.7 Å². The maximum atomic E-state index is 12.3. The number of aromatic nitrogens is 1. The van der Waals surface area contributed by atoms with Crippen molar-refractivity contribution in [3.05, 3.63) is 89.2 Å². The van der Waals surface area contributed by atoms with Crippen molar-refractivity contribution in [2.24, 2.45) is 0 Å². The van der Waals surface area contributed by atoms with E-state index < -0.39 is 11.9 Å². The normalized spacial score (nSPS) is 10.0. The van der Waals surface area contributed by atoms with Gasteiger partial charge in [-0.3, -0.25) is 9.59 Å². The number of benzene rings is 2. The van der Waals surface area contributed by atoms with Crippen LogP contribution in [0.25, 0.3) is 0 Å². The van der Waals surface area contributed by atoms with E-state index in [-0.39, 0.29) is 34.0 Å². The Bertz CT molecular complexity index is 979. The first-order valence-electron chi connectivity index (χ1n) is 8.12. The number of carbonyl (C=O) groups is 4. The van der Waals surface area contributed by atoms with E-state index in [4.69, 9.17) is 9.47 Å². The number of hydrogen-bond donors (Lipinski definition) is 0. The van der Waals surface area contributed by atoms with Gasteiger partial charge in [0.05, 0.1) is 11.1 Å². The standard InChI is InChI=1S/C21H13NO6/c23-12-14-6-1-3-10-18(14)27-20(25)16-8-5-9-17(22-16)21(26)28-19-11-4-2-7-15(19)13-24/h1-13H. The molecule has 0 aliphatic carbocycles. The quantitative estimate of drug-likeness (QED) is 0.371. The summed E-state index contributed by atoms with van der Waals surface area (Å²) in [7, 11) is 0. The fourth-order valence-electron chi connectivity index (χ4n) is 2.31. The van der Waals surface area contributed by atoms with Crippen molar-refractivity contribution in [3.8, 4) is 11.5 Å². The van der Waals surface area contributed by atoms with E-state index in [0.717, 1.165) is 0 Å². The molecule has 0 aliphatic heterocycles. The lowest BCUT2D eigenvalue weighted by Gasteiger charge is -2.08. The molecule has 7 heteroatoms. The Balaban J connectivity index is 1.79. The van der Waals surface area contributed by atoms with E-state index in [9.17, 15) is 19.2 Å². The minimum absolute atomic E-state index is 0.0807. The monoisotopic (exact) mass is 375 g/mol. The predicted molar refractivity (Wildman–Crippen MR) is 97.8 cm³/mol. The number of rotatable bonds is 6. The molecule has 28 heavy (non-hydrogen) atoms. The molecule has 0 unspecified atom stereocenters. The summed E-state index contributed by atoms with van der Waals surface area (Å²) in [6, 6.07) is 16.6. The van der Waals surface area contributed by atoms with Crippen molar-refractivity contribution >= 4 is 24.5 Å². The Morgan fingerprint density at radius 2 is 1.07 bits per heavy atom. The van der Waals surface area contributed by atoms with Crippen LogP contribution in [0.3, 0.4) is 0 Å². The second-order valence-corrected chi connectivity index (χ2v) is 5.50. The minimum atomic E-state index is -0.836. The number of hydrogen-bond acceptors (Lipinski definition) is 7. The molecule has 2 aromatic carbocycles. The minimum Gasteiger partial charge on any atom is -0.421 e. The van der Waals surface area contributed by atoms with Gasteiger partial charge in [0, 0.05) is 0 Å². The molecule has 1 aromatic heterocycles. The van der Waals surface area contributed by atoms with Gasteiger partial charge in [0.15, 0.2) is 12.6 Å². The molecule has 0 atom stereocenters. The first-order valence-corrected chi connectivity index (χ1v) is 8.12. The summed E-state index contributed by atoms with van der Waals surface area (Å²) in [5, 5.41) is 0. The number of para-hydroxylation sites is 2. The van der Waals surface area contributed by atoms with Crippen molar-refractivity contribution in [2.45, 2.75) is 0 Å². The van der Waals surface area contributed by atoms with Crippen LogP contribution in [-0.4, -0.2) is 29.5 Å². The third-order valence-electron chi connectivity index (χ3n) is 3.66. The highest BCUT2D eigenvalue weighted by molar-refractivity contribution is 5.94. The number of ether oxygens (including phenoxy) is 2. The molecular weight excluding hydrogens is 362 g/mol. The zero-order valence-corrected chi connectivity index (χ0v) is 14.4. The third kappa shape index (κ3) is 4.16. The van der Waals surface area contributed by atoms with Crippen LogP contribution in [-0.2, 0) is 0 Å². The highest BCUT2D eigenvalue weighted by Gasteiger charge is 2.17.